The molecule has 2 rings (SSSR count). The van der Waals surface area contributed by atoms with E-state index in [0.717, 1.165) is 18.6 Å². The summed E-state index contributed by atoms with van der Waals surface area (Å²) in [7, 11) is 0. The first kappa shape index (κ1) is 10.2. The minimum atomic E-state index is 0.182. The highest BCUT2D eigenvalue weighted by atomic mass is 16.5. The summed E-state index contributed by atoms with van der Waals surface area (Å²) in [5.74, 6) is 0.894. The van der Waals surface area contributed by atoms with Crippen molar-refractivity contribution in [3.05, 3.63) is 42.0 Å². The number of benzene rings is 1. The van der Waals surface area contributed by atoms with Crippen LogP contribution in [0.1, 0.15) is 30.0 Å². The molecule has 1 atom stereocenters. The van der Waals surface area contributed by atoms with E-state index in [1.807, 2.05) is 6.07 Å². The number of aryl methyl sites for hydroxylation is 1. The van der Waals surface area contributed by atoms with Crippen molar-refractivity contribution >= 4 is 0 Å². The Morgan fingerprint density at radius 1 is 1.53 bits per heavy atom. The first-order valence-corrected chi connectivity index (χ1v) is 5.43. The van der Waals surface area contributed by atoms with Crippen molar-refractivity contribution in [2.45, 2.75) is 25.3 Å². The average molecular weight is 203 g/mol. The molecule has 2 N–H and O–H groups in total. The van der Waals surface area contributed by atoms with Crippen LogP contribution in [-0.4, -0.2) is 6.61 Å². The Balaban J connectivity index is 2.23. The van der Waals surface area contributed by atoms with Gasteiger partial charge in [0.2, 0.25) is 0 Å². The monoisotopic (exact) mass is 203 g/mol. The van der Waals surface area contributed by atoms with Gasteiger partial charge < -0.3 is 10.5 Å². The summed E-state index contributed by atoms with van der Waals surface area (Å²) < 4.78 is 5.50. The minimum absolute atomic E-state index is 0.182. The van der Waals surface area contributed by atoms with Crippen molar-refractivity contribution < 1.29 is 4.74 Å². The van der Waals surface area contributed by atoms with E-state index in [-0.39, 0.29) is 6.04 Å². The van der Waals surface area contributed by atoms with E-state index in [1.54, 1.807) is 6.08 Å². The van der Waals surface area contributed by atoms with Crippen LogP contribution in [0, 0.1) is 0 Å². The fourth-order valence-corrected chi connectivity index (χ4v) is 2.06. The zero-order valence-corrected chi connectivity index (χ0v) is 8.91. The van der Waals surface area contributed by atoms with Crippen LogP contribution in [0.3, 0.4) is 0 Å². The summed E-state index contributed by atoms with van der Waals surface area (Å²) in [6.07, 6.45) is 5.17. The van der Waals surface area contributed by atoms with Crippen molar-refractivity contribution in [2.24, 2.45) is 5.73 Å². The van der Waals surface area contributed by atoms with Crippen LogP contribution in [0.2, 0.25) is 0 Å². The molecule has 1 aromatic rings. The maximum absolute atomic E-state index is 6.07. The highest BCUT2D eigenvalue weighted by molar-refractivity contribution is 5.39. The molecule has 1 aromatic carbocycles. The van der Waals surface area contributed by atoms with E-state index >= 15 is 0 Å². The van der Waals surface area contributed by atoms with Crippen molar-refractivity contribution in [1.29, 1.82) is 0 Å². The van der Waals surface area contributed by atoms with E-state index in [9.17, 15) is 0 Å². The highest BCUT2D eigenvalue weighted by Crippen LogP contribution is 2.30. The topological polar surface area (TPSA) is 35.2 Å². The Labute approximate surface area is 90.7 Å². The molecule has 0 unspecified atom stereocenters. The fraction of sp³-hybridized carbons (Fsp3) is 0.385. The lowest BCUT2D eigenvalue weighted by atomic mass is 9.88. The third-order valence-corrected chi connectivity index (χ3v) is 2.85. The van der Waals surface area contributed by atoms with Crippen molar-refractivity contribution in [3.63, 3.8) is 0 Å². The first-order valence-electron chi connectivity index (χ1n) is 5.43. The first-order chi connectivity index (χ1) is 7.31. The molecule has 2 nitrogen and oxygen atoms in total. The molecule has 0 amide bonds. The van der Waals surface area contributed by atoms with Gasteiger partial charge in [-0.2, -0.15) is 0 Å². The normalized spacial score (nSPS) is 19.4. The number of ether oxygens (including phenoxy) is 1. The maximum atomic E-state index is 6.07. The largest absolute Gasteiger partial charge is 0.490 e. The van der Waals surface area contributed by atoms with Gasteiger partial charge >= 0.3 is 0 Å². The lowest BCUT2D eigenvalue weighted by molar-refractivity contribution is 0.362. The molecular formula is C13H17NO. The van der Waals surface area contributed by atoms with Gasteiger partial charge in [-0.3, -0.25) is 0 Å². The molecule has 0 heterocycles. The van der Waals surface area contributed by atoms with E-state index in [4.69, 9.17) is 10.5 Å². The van der Waals surface area contributed by atoms with Gasteiger partial charge in [0.05, 0.1) is 0 Å². The molecule has 80 valence electrons. The van der Waals surface area contributed by atoms with Crippen LogP contribution in [0.4, 0.5) is 0 Å². The smallest absolute Gasteiger partial charge is 0.120 e. The van der Waals surface area contributed by atoms with Gasteiger partial charge in [0.1, 0.15) is 12.4 Å². The van der Waals surface area contributed by atoms with E-state index in [2.05, 4.69) is 18.7 Å². The Morgan fingerprint density at radius 3 is 3.20 bits per heavy atom. The summed E-state index contributed by atoms with van der Waals surface area (Å²) in [5.41, 5.74) is 8.70. The molecule has 15 heavy (non-hydrogen) atoms. The molecule has 0 aliphatic heterocycles. The van der Waals surface area contributed by atoms with Crippen LogP contribution in [0.5, 0.6) is 5.75 Å². The fourth-order valence-electron chi connectivity index (χ4n) is 2.06. The van der Waals surface area contributed by atoms with Gasteiger partial charge in [-0.15, -0.1) is 0 Å². The number of fused-ring (bicyclic) bond motifs is 1. The molecule has 1 aliphatic carbocycles. The molecule has 0 saturated heterocycles. The summed E-state index contributed by atoms with van der Waals surface area (Å²) in [5, 5.41) is 0. The lowest BCUT2D eigenvalue weighted by Gasteiger charge is -2.22. The van der Waals surface area contributed by atoms with Crippen LogP contribution in [-0.2, 0) is 6.42 Å². The second-order valence-corrected chi connectivity index (χ2v) is 3.96. The van der Waals surface area contributed by atoms with E-state index < -0.39 is 0 Å². The summed E-state index contributed by atoms with van der Waals surface area (Å²) in [6.45, 7) is 4.18. The van der Waals surface area contributed by atoms with Gasteiger partial charge in [0.25, 0.3) is 0 Å². The zero-order chi connectivity index (χ0) is 10.7. The van der Waals surface area contributed by atoms with Crippen LogP contribution < -0.4 is 10.5 Å². The molecule has 2 heteroatoms. The number of rotatable bonds is 3. The van der Waals surface area contributed by atoms with E-state index in [1.165, 1.54) is 17.5 Å². The third-order valence-electron chi connectivity index (χ3n) is 2.85. The number of nitrogens with two attached hydrogens (primary N) is 1. The second kappa shape index (κ2) is 4.49. The molecular weight excluding hydrogens is 186 g/mol. The van der Waals surface area contributed by atoms with Gasteiger partial charge in [0.15, 0.2) is 0 Å². The Morgan fingerprint density at radius 2 is 2.40 bits per heavy atom. The van der Waals surface area contributed by atoms with Crippen molar-refractivity contribution in [1.82, 2.24) is 0 Å². The molecule has 0 saturated carbocycles. The average Bonchev–Trinajstić information content (AvgIpc) is 2.27. The van der Waals surface area contributed by atoms with Crippen LogP contribution in [0.15, 0.2) is 30.9 Å². The summed E-state index contributed by atoms with van der Waals surface area (Å²) in [6, 6.07) is 6.40. The summed E-state index contributed by atoms with van der Waals surface area (Å²) >= 11 is 0. The highest BCUT2D eigenvalue weighted by Gasteiger charge is 2.16. The van der Waals surface area contributed by atoms with Crippen LogP contribution in [0.25, 0.3) is 0 Å². The van der Waals surface area contributed by atoms with E-state index in [0.29, 0.717) is 6.61 Å². The Hall–Kier alpha value is -1.28. The Kier molecular flexibility index (Phi) is 3.07. The predicted molar refractivity (Wildman–Crippen MR) is 62.0 cm³/mol. The molecule has 0 aromatic heterocycles. The molecule has 0 spiro atoms. The maximum Gasteiger partial charge on any atom is 0.120 e. The Bertz CT molecular complexity index is 360. The van der Waals surface area contributed by atoms with Crippen LogP contribution >= 0.6 is 0 Å². The third kappa shape index (κ3) is 2.21. The minimum Gasteiger partial charge on any atom is -0.490 e. The number of hydrogen-bond acceptors (Lipinski definition) is 2. The second-order valence-electron chi connectivity index (χ2n) is 3.96. The van der Waals surface area contributed by atoms with Crippen molar-refractivity contribution in [2.75, 3.05) is 6.61 Å². The number of hydrogen-bond donors (Lipinski definition) is 1. The van der Waals surface area contributed by atoms with Gasteiger partial charge in [-0.1, -0.05) is 18.7 Å². The standard InChI is InChI=1S/C13H17NO/c1-2-8-15-11-7-6-10-4-3-5-13(14)12(10)9-11/h2,6-7,9,13H,1,3-5,8,14H2/t13-/m1/s1. The molecule has 0 radical (unpaired) electrons. The quantitative estimate of drug-likeness (QED) is 0.766. The lowest BCUT2D eigenvalue weighted by Crippen LogP contribution is -2.17. The van der Waals surface area contributed by atoms with Gasteiger partial charge in [-0.05, 0) is 42.5 Å². The zero-order valence-electron chi connectivity index (χ0n) is 8.91. The SMILES string of the molecule is C=CCOc1ccc2c(c1)[C@H](N)CCC2. The molecule has 0 fully saturated rings. The molecule has 1 aliphatic rings. The van der Waals surface area contributed by atoms with Crippen molar-refractivity contribution in [3.8, 4) is 5.75 Å². The van der Waals surface area contributed by atoms with Gasteiger partial charge in [0, 0.05) is 6.04 Å². The summed E-state index contributed by atoms with van der Waals surface area (Å²) in [4.78, 5) is 0. The molecule has 0 bridgehead atoms. The van der Waals surface area contributed by atoms with Gasteiger partial charge in [-0.25, -0.2) is 0 Å². The predicted octanol–water partition coefficient (Wildman–Crippen LogP) is 2.59.